The fourth-order valence-corrected chi connectivity index (χ4v) is 1.75. The number of rotatable bonds is 9. The highest BCUT2D eigenvalue weighted by atomic mass is 16.5. The topological polar surface area (TPSA) is 59.6 Å². The standard InChI is InChI=1S/C15H24N2O3/c1-4-8-16-9-10-17-15(18)12-6-7-13(20-5-2)14(11-12)19-3/h6-7,11,16H,4-5,8-10H2,1-3H3,(H,17,18). The molecule has 0 saturated heterocycles. The van der Waals surface area contributed by atoms with Crippen LogP contribution in [0.4, 0.5) is 0 Å². The summed E-state index contributed by atoms with van der Waals surface area (Å²) in [5.74, 6) is 1.12. The normalized spacial score (nSPS) is 10.2. The maximum atomic E-state index is 12.0. The zero-order chi connectivity index (χ0) is 14.8. The zero-order valence-corrected chi connectivity index (χ0v) is 12.5. The van der Waals surface area contributed by atoms with Gasteiger partial charge in [-0.25, -0.2) is 0 Å². The maximum absolute atomic E-state index is 12.0. The van der Waals surface area contributed by atoms with E-state index in [0.717, 1.165) is 19.5 Å². The van der Waals surface area contributed by atoms with E-state index in [1.807, 2.05) is 6.92 Å². The van der Waals surface area contributed by atoms with Crippen LogP contribution in [-0.2, 0) is 0 Å². The Hall–Kier alpha value is -1.75. The molecule has 2 N–H and O–H groups in total. The van der Waals surface area contributed by atoms with E-state index in [-0.39, 0.29) is 5.91 Å². The van der Waals surface area contributed by atoms with Crippen molar-refractivity contribution in [2.24, 2.45) is 0 Å². The summed E-state index contributed by atoms with van der Waals surface area (Å²) in [5, 5.41) is 6.09. The Kier molecular flexibility index (Phi) is 7.50. The highest BCUT2D eigenvalue weighted by Gasteiger charge is 2.10. The number of amides is 1. The Morgan fingerprint density at radius 2 is 1.95 bits per heavy atom. The molecular weight excluding hydrogens is 256 g/mol. The fourth-order valence-electron chi connectivity index (χ4n) is 1.75. The molecule has 1 aromatic carbocycles. The number of carbonyl (C=O) groups excluding carboxylic acids is 1. The van der Waals surface area contributed by atoms with Gasteiger partial charge >= 0.3 is 0 Å². The van der Waals surface area contributed by atoms with E-state index in [1.165, 1.54) is 0 Å². The number of hydrogen-bond donors (Lipinski definition) is 2. The number of benzene rings is 1. The van der Waals surface area contributed by atoms with Gasteiger partial charge in [-0.2, -0.15) is 0 Å². The highest BCUT2D eigenvalue weighted by molar-refractivity contribution is 5.94. The molecule has 0 aliphatic heterocycles. The Bertz CT molecular complexity index is 422. The van der Waals surface area contributed by atoms with Gasteiger partial charge in [-0.05, 0) is 38.1 Å². The molecule has 0 radical (unpaired) electrons. The number of carbonyl (C=O) groups is 1. The molecule has 0 heterocycles. The van der Waals surface area contributed by atoms with Gasteiger partial charge in [0, 0.05) is 18.7 Å². The van der Waals surface area contributed by atoms with E-state index in [1.54, 1.807) is 25.3 Å². The van der Waals surface area contributed by atoms with Crippen LogP contribution in [0.1, 0.15) is 30.6 Å². The van der Waals surface area contributed by atoms with E-state index in [9.17, 15) is 4.79 Å². The van der Waals surface area contributed by atoms with Crippen LogP contribution in [0.5, 0.6) is 11.5 Å². The Balaban J connectivity index is 2.55. The van der Waals surface area contributed by atoms with Crippen molar-refractivity contribution in [2.45, 2.75) is 20.3 Å². The minimum atomic E-state index is -0.107. The first-order chi connectivity index (χ1) is 9.72. The van der Waals surface area contributed by atoms with Gasteiger partial charge in [0.2, 0.25) is 0 Å². The molecule has 1 amide bonds. The molecule has 0 atom stereocenters. The van der Waals surface area contributed by atoms with Crippen molar-refractivity contribution in [1.29, 1.82) is 0 Å². The van der Waals surface area contributed by atoms with Gasteiger partial charge < -0.3 is 20.1 Å². The summed E-state index contributed by atoms with van der Waals surface area (Å²) in [5.41, 5.74) is 0.570. The molecule has 20 heavy (non-hydrogen) atoms. The van der Waals surface area contributed by atoms with E-state index >= 15 is 0 Å². The van der Waals surface area contributed by atoms with Crippen molar-refractivity contribution in [1.82, 2.24) is 10.6 Å². The molecule has 0 unspecified atom stereocenters. The fraction of sp³-hybridized carbons (Fsp3) is 0.533. The lowest BCUT2D eigenvalue weighted by Gasteiger charge is -2.11. The van der Waals surface area contributed by atoms with Crippen molar-refractivity contribution < 1.29 is 14.3 Å². The summed E-state index contributed by atoms with van der Waals surface area (Å²) >= 11 is 0. The molecule has 0 aromatic heterocycles. The van der Waals surface area contributed by atoms with Gasteiger partial charge in [0.25, 0.3) is 5.91 Å². The van der Waals surface area contributed by atoms with E-state index in [2.05, 4.69) is 17.6 Å². The van der Waals surface area contributed by atoms with Crippen LogP contribution in [0.25, 0.3) is 0 Å². The average molecular weight is 280 g/mol. The van der Waals surface area contributed by atoms with Crippen LogP contribution in [0, 0.1) is 0 Å². The molecule has 5 heteroatoms. The maximum Gasteiger partial charge on any atom is 0.251 e. The quantitative estimate of drug-likeness (QED) is 0.677. The van der Waals surface area contributed by atoms with Crippen LogP contribution < -0.4 is 20.1 Å². The predicted molar refractivity (Wildman–Crippen MR) is 79.7 cm³/mol. The van der Waals surface area contributed by atoms with E-state index in [4.69, 9.17) is 9.47 Å². The number of nitrogens with one attached hydrogen (secondary N) is 2. The van der Waals surface area contributed by atoms with Crippen molar-refractivity contribution in [3.8, 4) is 11.5 Å². The summed E-state index contributed by atoms with van der Waals surface area (Å²) in [6.45, 7) is 6.92. The third-order valence-electron chi connectivity index (χ3n) is 2.74. The molecule has 1 aromatic rings. The van der Waals surface area contributed by atoms with Crippen molar-refractivity contribution in [3.05, 3.63) is 23.8 Å². The Morgan fingerprint density at radius 3 is 2.60 bits per heavy atom. The van der Waals surface area contributed by atoms with Crippen LogP contribution >= 0.6 is 0 Å². The van der Waals surface area contributed by atoms with Crippen LogP contribution in [0.2, 0.25) is 0 Å². The number of hydrogen-bond acceptors (Lipinski definition) is 4. The van der Waals surface area contributed by atoms with Crippen molar-refractivity contribution in [2.75, 3.05) is 33.4 Å². The van der Waals surface area contributed by atoms with Gasteiger partial charge in [0.1, 0.15) is 0 Å². The third-order valence-corrected chi connectivity index (χ3v) is 2.74. The molecule has 0 fully saturated rings. The van der Waals surface area contributed by atoms with E-state index in [0.29, 0.717) is 30.2 Å². The van der Waals surface area contributed by atoms with Gasteiger partial charge in [-0.1, -0.05) is 6.92 Å². The lowest BCUT2D eigenvalue weighted by Crippen LogP contribution is -2.32. The molecule has 5 nitrogen and oxygen atoms in total. The molecule has 0 spiro atoms. The second-order valence-electron chi connectivity index (χ2n) is 4.30. The summed E-state index contributed by atoms with van der Waals surface area (Å²) in [6.07, 6.45) is 1.09. The Morgan fingerprint density at radius 1 is 1.15 bits per heavy atom. The van der Waals surface area contributed by atoms with Gasteiger partial charge in [-0.15, -0.1) is 0 Å². The molecule has 0 bridgehead atoms. The molecule has 112 valence electrons. The molecule has 0 saturated carbocycles. The lowest BCUT2D eigenvalue weighted by molar-refractivity contribution is 0.0953. The average Bonchev–Trinajstić information content (AvgIpc) is 2.47. The van der Waals surface area contributed by atoms with Crippen molar-refractivity contribution in [3.63, 3.8) is 0 Å². The second-order valence-corrected chi connectivity index (χ2v) is 4.30. The smallest absolute Gasteiger partial charge is 0.251 e. The summed E-state index contributed by atoms with van der Waals surface area (Å²) in [6, 6.07) is 5.19. The second kappa shape index (κ2) is 9.20. The third kappa shape index (κ3) is 5.09. The van der Waals surface area contributed by atoms with E-state index < -0.39 is 0 Å². The largest absolute Gasteiger partial charge is 0.493 e. The van der Waals surface area contributed by atoms with Crippen LogP contribution in [0.15, 0.2) is 18.2 Å². The lowest BCUT2D eigenvalue weighted by atomic mass is 10.2. The molecule has 0 aliphatic rings. The monoisotopic (exact) mass is 280 g/mol. The molecule has 0 aliphatic carbocycles. The Labute approximate surface area is 120 Å². The summed E-state index contributed by atoms with van der Waals surface area (Å²) < 4.78 is 10.7. The number of ether oxygens (including phenoxy) is 2. The van der Waals surface area contributed by atoms with Gasteiger partial charge in [0.05, 0.1) is 13.7 Å². The van der Waals surface area contributed by atoms with Gasteiger partial charge in [0.15, 0.2) is 11.5 Å². The zero-order valence-electron chi connectivity index (χ0n) is 12.5. The SMILES string of the molecule is CCCNCCNC(=O)c1ccc(OCC)c(OC)c1. The summed E-state index contributed by atoms with van der Waals surface area (Å²) in [7, 11) is 1.56. The van der Waals surface area contributed by atoms with Crippen LogP contribution in [0.3, 0.4) is 0 Å². The first-order valence-corrected chi connectivity index (χ1v) is 7.02. The molecular formula is C15H24N2O3. The number of methoxy groups -OCH3 is 1. The van der Waals surface area contributed by atoms with Gasteiger partial charge in [-0.3, -0.25) is 4.79 Å². The highest BCUT2D eigenvalue weighted by Crippen LogP contribution is 2.27. The molecule has 1 rings (SSSR count). The minimum Gasteiger partial charge on any atom is -0.493 e. The van der Waals surface area contributed by atoms with Crippen LogP contribution in [-0.4, -0.2) is 39.3 Å². The minimum absolute atomic E-state index is 0.107. The first kappa shape index (κ1) is 16.3. The van der Waals surface area contributed by atoms with Crippen molar-refractivity contribution >= 4 is 5.91 Å². The summed E-state index contributed by atoms with van der Waals surface area (Å²) in [4.78, 5) is 12.0. The first-order valence-electron chi connectivity index (χ1n) is 7.02. The predicted octanol–water partition coefficient (Wildman–Crippen LogP) is 1.82.